The van der Waals surface area contributed by atoms with Crippen LogP contribution in [0.5, 0.6) is 0 Å². The van der Waals surface area contributed by atoms with Crippen LogP contribution in [0.25, 0.3) is 11.2 Å². The third-order valence-corrected chi connectivity index (χ3v) is 4.72. The first-order valence-electron chi connectivity index (χ1n) is 9.86. The predicted octanol–water partition coefficient (Wildman–Crippen LogP) is 4.05. The van der Waals surface area contributed by atoms with Gasteiger partial charge in [0.25, 0.3) is 0 Å². The summed E-state index contributed by atoms with van der Waals surface area (Å²) in [6.45, 7) is 4.96. The van der Waals surface area contributed by atoms with E-state index >= 15 is 0 Å². The molecule has 0 fully saturated rings. The second-order valence-corrected chi connectivity index (χ2v) is 6.99. The number of alkyl halides is 3. The molecule has 3 N–H and O–H groups in total. The lowest BCUT2D eigenvalue weighted by atomic mass is 10.1. The molecule has 2 aromatic heterocycles. The van der Waals surface area contributed by atoms with Crippen LogP contribution in [0.2, 0.25) is 0 Å². The average molecular weight is 422 g/mol. The number of benzene rings is 1. The van der Waals surface area contributed by atoms with E-state index in [0.717, 1.165) is 25.1 Å². The van der Waals surface area contributed by atoms with Gasteiger partial charge in [0, 0.05) is 13.1 Å². The molecule has 0 bridgehead atoms. The van der Waals surface area contributed by atoms with Gasteiger partial charge in [-0.05, 0) is 30.5 Å². The minimum absolute atomic E-state index is 0.0551. The van der Waals surface area contributed by atoms with Crippen molar-refractivity contribution in [3.8, 4) is 0 Å². The largest absolute Gasteiger partial charge is 0.416 e. The Balaban J connectivity index is 1.87. The van der Waals surface area contributed by atoms with Crippen LogP contribution in [0.4, 0.5) is 24.9 Å². The fraction of sp³-hybridized carbons (Fsp3) is 0.450. The molecule has 0 aliphatic rings. The Morgan fingerprint density at radius 3 is 2.47 bits per heavy atom. The number of imidazole rings is 1. The van der Waals surface area contributed by atoms with E-state index in [9.17, 15) is 18.3 Å². The number of aliphatic hydroxyl groups is 1. The van der Waals surface area contributed by atoms with Gasteiger partial charge in [0.15, 0.2) is 17.0 Å². The van der Waals surface area contributed by atoms with Gasteiger partial charge in [0.05, 0.1) is 24.5 Å². The maximum atomic E-state index is 12.7. The number of rotatable bonds is 9. The Labute approximate surface area is 172 Å². The second-order valence-electron chi connectivity index (χ2n) is 6.99. The van der Waals surface area contributed by atoms with Gasteiger partial charge < -0.3 is 20.3 Å². The first-order valence-corrected chi connectivity index (χ1v) is 9.86. The molecule has 0 aliphatic heterocycles. The molecule has 1 aromatic carbocycles. The summed E-state index contributed by atoms with van der Waals surface area (Å²) in [7, 11) is 0. The summed E-state index contributed by atoms with van der Waals surface area (Å²) >= 11 is 0. The molecular formula is C20H25F3N6O. The summed E-state index contributed by atoms with van der Waals surface area (Å²) in [5, 5.41) is 15.7. The van der Waals surface area contributed by atoms with E-state index in [4.69, 9.17) is 0 Å². The quantitative estimate of drug-likeness (QED) is 0.482. The zero-order chi connectivity index (χ0) is 21.7. The number of aromatic nitrogens is 4. The molecule has 0 aliphatic carbocycles. The standard InChI is InChI=1S/C20H25F3N6O/c1-3-9-29-12-25-16-17(27-19(28-18(16)29)26-15(4-2)11-30)24-10-13-5-7-14(8-6-13)20(21,22)23/h5-8,12,15,30H,3-4,9-11H2,1-2H3,(H2,24,26,27,28). The van der Waals surface area contributed by atoms with Gasteiger partial charge >= 0.3 is 6.18 Å². The van der Waals surface area contributed by atoms with Gasteiger partial charge in [-0.3, -0.25) is 0 Å². The summed E-state index contributed by atoms with van der Waals surface area (Å²) < 4.78 is 40.2. The van der Waals surface area contributed by atoms with Crippen molar-refractivity contribution in [3.05, 3.63) is 41.7 Å². The van der Waals surface area contributed by atoms with Crippen molar-refractivity contribution in [1.29, 1.82) is 0 Å². The van der Waals surface area contributed by atoms with Crippen LogP contribution < -0.4 is 10.6 Å². The lowest BCUT2D eigenvalue weighted by molar-refractivity contribution is -0.137. The SMILES string of the molecule is CCCn1cnc2c(NCc3ccc(C(F)(F)F)cc3)nc(NC(CC)CO)nc21. The highest BCUT2D eigenvalue weighted by Gasteiger charge is 2.29. The van der Waals surface area contributed by atoms with Crippen LogP contribution in [0.1, 0.15) is 37.8 Å². The molecule has 162 valence electrons. The number of fused-ring (bicyclic) bond motifs is 1. The summed E-state index contributed by atoms with van der Waals surface area (Å²) in [4.78, 5) is 13.4. The molecular weight excluding hydrogens is 397 g/mol. The zero-order valence-electron chi connectivity index (χ0n) is 16.9. The van der Waals surface area contributed by atoms with Crippen molar-refractivity contribution in [3.63, 3.8) is 0 Å². The highest BCUT2D eigenvalue weighted by molar-refractivity contribution is 5.84. The van der Waals surface area contributed by atoms with Gasteiger partial charge in [0.1, 0.15) is 0 Å². The summed E-state index contributed by atoms with van der Waals surface area (Å²) in [5.41, 5.74) is 1.23. The van der Waals surface area contributed by atoms with E-state index in [2.05, 4.69) is 32.5 Å². The van der Waals surface area contributed by atoms with E-state index in [-0.39, 0.29) is 19.2 Å². The van der Waals surface area contributed by atoms with Crippen LogP contribution in [0.3, 0.4) is 0 Å². The zero-order valence-corrected chi connectivity index (χ0v) is 16.9. The molecule has 0 saturated carbocycles. The van der Waals surface area contributed by atoms with Gasteiger partial charge in [-0.15, -0.1) is 0 Å². The van der Waals surface area contributed by atoms with Gasteiger partial charge in [-0.25, -0.2) is 4.98 Å². The smallest absolute Gasteiger partial charge is 0.394 e. The molecule has 2 heterocycles. The summed E-state index contributed by atoms with van der Waals surface area (Å²) in [6.07, 6.45) is -1.07. The normalized spacial score (nSPS) is 12.9. The van der Waals surface area contributed by atoms with Crippen molar-refractivity contribution < 1.29 is 18.3 Å². The minimum atomic E-state index is -4.36. The molecule has 3 rings (SSSR count). The third-order valence-electron chi connectivity index (χ3n) is 4.72. The van der Waals surface area contributed by atoms with E-state index in [1.54, 1.807) is 6.33 Å². The number of nitrogens with one attached hydrogen (secondary N) is 2. The number of hydrogen-bond donors (Lipinski definition) is 3. The predicted molar refractivity (Wildman–Crippen MR) is 109 cm³/mol. The van der Waals surface area contributed by atoms with Crippen molar-refractivity contribution in [2.24, 2.45) is 0 Å². The van der Waals surface area contributed by atoms with Crippen molar-refractivity contribution in [1.82, 2.24) is 19.5 Å². The Bertz CT molecular complexity index is 967. The molecule has 7 nitrogen and oxygen atoms in total. The van der Waals surface area contributed by atoms with Crippen LogP contribution in [0.15, 0.2) is 30.6 Å². The average Bonchev–Trinajstić information content (AvgIpc) is 3.13. The van der Waals surface area contributed by atoms with Crippen molar-refractivity contribution >= 4 is 22.9 Å². The van der Waals surface area contributed by atoms with Crippen LogP contribution in [0, 0.1) is 0 Å². The molecule has 0 amide bonds. The monoisotopic (exact) mass is 422 g/mol. The Morgan fingerprint density at radius 2 is 1.87 bits per heavy atom. The summed E-state index contributed by atoms with van der Waals surface area (Å²) in [5.74, 6) is 0.834. The Hall–Kier alpha value is -2.88. The topological polar surface area (TPSA) is 87.9 Å². The van der Waals surface area contributed by atoms with Crippen LogP contribution in [-0.2, 0) is 19.3 Å². The number of aryl methyl sites for hydroxylation is 1. The van der Waals surface area contributed by atoms with Crippen LogP contribution in [-0.4, -0.2) is 37.3 Å². The second kappa shape index (κ2) is 9.29. The van der Waals surface area contributed by atoms with Gasteiger partial charge in [-0.2, -0.15) is 23.1 Å². The maximum absolute atomic E-state index is 12.7. The fourth-order valence-electron chi connectivity index (χ4n) is 2.99. The maximum Gasteiger partial charge on any atom is 0.416 e. The number of halogens is 3. The molecule has 0 spiro atoms. The number of aliphatic hydroxyl groups excluding tert-OH is 1. The van der Waals surface area contributed by atoms with E-state index in [0.29, 0.717) is 34.9 Å². The first-order chi connectivity index (χ1) is 14.4. The highest BCUT2D eigenvalue weighted by Crippen LogP contribution is 2.29. The molecule has 1 atom stereocenters. The lowest BCUT2D eigenvalue weighted by Gasteiger charge is -2.15. The highest BCUT2D eigenvalue weighted by atomic mass is 19.4. The van der Waals surface area contributed by atoms with E-state index < -0.39 is 11.7 Å². The number of hydrogen-bond acceptors (Lipinski definition) is 6. The summed E-state index contributed by atoms with van der Waals surface area (Å²) in [6, 6.07) is 4.79. The molecule has 0 radical (unpaired) electrons. The van der Waals surface area contributed by atoms with Crippen LogP contribution >= 0.6 is 0 Å². The molecule has 1 unspecified atom stereocenters. The number of nitrogens with zero attached hydrogens (tertiary/aromatic N) is 4. The fourth-order valence-corrected chi connectivity index (χ4v) is 2.99. The molecule has 30 heavy (non-hydrogen) atoms. The molecule has 3 aromatic rings. The molecule has 10 heteroatoms. The first kappa shape index (κ1) is 21.8. The third kappa shape index (κ3) is 4.99. The Morgan fingerprint density at radius 1 is 1.13 bits per heavy atom. The van der Waals surface area contributed by atoms with Crippen molar-refractivity contribution in [2.75, 3.05) is 17.2 Å². The molecule has 0 saturated heterocycles. The van der Waals surface area contributed by atoms with Gasteiger partial charge in [-0.1, -0.05) is 26.0 Å². The Kier molecular flexibility index (Phi) is 6.76. The number of anilines is 2. The minimum Gasteiger partial charge on any atom is -0.394 e. The van der Waals surface area contributed by atoms with Crippen molar-refractivity contribution in [2.45, 2.75) is 52.0 Å². The van der Waals surface area contributed by atoms with E-state index in [1.165, 1.54) is 12.1 Å². The lowest BCUT2D eigenvalue weighted by Crippen LogP contribution is -2.24. The van der Waals surface area contributed by atoms with Gasteiger partial charge in [0.2, 0.25) is 5.95 Å². The van der Waals surface area contributed by atoms with E-state index in [1.807, 2.05) is 11.5 Å².